The fourth-order valence-corrected chi connectivity index (χ4v) is 3.08. The average Bonchev–Trinajstić information content (AvgIpc) is 2.67. The fraction of sp³-hybridized carbons (Fsp3) is 0.583. The number of carbonyl (C=O) groups excluding carboxylic acids is 2. The number of primary amides is 1. The first-order valence-electron chi connectivity index (χ1n) is 6.01. The van der Waals surface area contributed by atoms with Crippen LogP contribution >= 0.6 is 11.3 Å². The van der Waals surface area contributed by atoms with Gasteiger partial charge in [-0.3, -0.25) is 9.59 Å². The summed E-state index contributed by atoms with van der Waals surface area (Å²) in [4.78, 5) is 30.4. The van der Waals surface area contributed by atoms with E-state index in [0.29, 0.717) is 18.8 Å². The predicted molar refractivity (Wildman–Crippen MR) is 69.4 cm³/mol. The SMILES string of the molecule is Cc1nc(C(=O)N2CCCC(C(N)=O)C2)c(C)s1. The Morgan fingerprint density at radius 2 is 2.17 bits per heavy atom. The Hall–Kier alpha value is -1.43. The van der Waals surface area contributed by atoms with Gasteiger partial charge in [-0.05, 0) is 26.7 Å². The Morgan fingerprint density at radius 1 is 1.44 bits per heavy atom. The maximum absolute atomic E-state index is 12.3. The van der Waals surface area contributed by atoms with Crippen molar-refractivity contribution in [3.63, 3.8) is 0 Å². The zero-order valence-corrected chi connectivity index (χ0v) is 11.4. The first-order chi connectivity index (χ1) is 8.49. The third kappa shape index (κ3) is 2.53. The highest BCUT2D eigenvalue weighted by atomic mass is 32.1. The van der Waals surface area contributed by atoms with E-state index in [0.717, 1.165) is 22.7 Å². The molecule has 2 N–H and O–H groups in total. The summed E-state index contributed by atoms with van der Waals surface area (Å²) in [6.07, 6.45) is 1.59. The standard InChI is InChI=1S/C12H17N3O2S/c1-7-10(14-8(2)18-7)12(17)15-5-3-4-9(6-15)11(13)16/h9H,3-6H2,1-2H3,(H2,13,16). The van der Waals surface area contributed by atoms with Crippen LogP contribution in [0.5, 0.6) is 0 Å². The quantitative estimate of drug-likeness (QED) is 0.871. The van der Waals surface area contributed by atoms with Crippen LogP contribution in [-0.4, -0.2) is 34.8 Å². The highest BCUT2D eigenvalue weighted by Crippen LogP contribution is 2.22. The van der Waals surface area contributed by atoms with Crippen LogP contribution in [0.4, 0.5) is 0 Å². The summed E-state index contributed by atoms with van der Waals surface area (Å²) in [5, 5.41) is 0.888. The van der Waals surface area contributed by atoms with Gasteiger partial charge in [0.2, 0.25) is 5.91 Å². The molecule has 2 rings (SSSR count). The van der Waals surface area contributed by atoms with E-state index in [1.165, 1.54) is 11.3 Å². The van der Waals surface area contributed by atoms with Gasteiger partial charge in [0.05, 0.1) is 10.9 Å². The third-order valence-electron chi connectivity index (χ3n) is 3.22. The lowest BCUT2D eigenvalue weighted by atomic mass is 9.97. The van der Waals surface area contributed by atoms with E-state index in [2.05, 4.69) is 4.98 Å². The van der Waals surface area contributed by atoms with Crippen LogP contribution in [0.2, 0.25) is 0 Å². The normalized spacial score (nSPS) is 19.9. The predicted octanol–water partition coefficient (Wildman–Crippen LogP) is 1.10. The summed E-state index contributed by atoms with van der Waals surface area (Å²) in [6.45, 7) is 4.88. The molecule has 1 aliphatic rings. The number of carbonyl (C=O) groups is 2. The van der Waals surface area contributed by atoms with E-state index >= 15 is 0 Å². The number of likely N-dealkylation sites (tertiary alicyclic amines) is 1. The molecule has 1 unspecified atom stereocenters. The molecule has 6 heteroatoms. The van der Waals surface area contributed by atoms with Crippen molar-refractivity contribution in [1.82, 2.24) is 9.88 Å². The second kappa shape index (κ2) is 5.06. The maximum atomic E-state index is 12.3. The average molecular weight is 267 g/mol. The molecule has 18 heavy (non-hydrogen) atoms. The summed E-state index contributed by atoms with van der Waals surface area (Å²) in [5.41, 5.74) is 5.83. The molecule has 2 heterocycles. The van der Waals surface area contributed by atoms with Gasteiger partial charge in [0.1, 0.15) is 5.69 Å². The highest BCUT2D eigenvalue weighted by molar-refractivity contribution is 7.11. The van der Waals surface area contributed by atoms with Gasteiger partial charge in [-0.1, -0.05) is 0 Å². The van der Waals surface area contributed by atoms with Gasteiger partial charge in [-0.15, -0.1) is 11.3 Å². The molecule has 1 saturated heterocycles. The third-order valence-corrected chi connectivity index (χ3v) is 4.10. The zero-order chi connectivity index (χ0) is 13.3. The van der Waals surface area contributed by atoms with E-state index < -0.39 is 0 Å². The first kappa shape index (κ1) is 13.0. The van der Waals surface area contributed by atoms with Gasteiger partial charge in [0.15, 0.2) is 0 Å². The molecule has 0 aliphatic carbocycles. The molecule has 0 aromatic carbocycles. The van der Waals surface area contributed by atoms with Gasteiger partial charge in [0.25, 0.3) is 5.91 Å². The fourth-order valence-electron chi connectivity index (χ4n) is 2.27. The number of thiazole rings is 1. The molecule has 1 aliphatic heterocycles. The highest BCUT2D eigenvalue weighted by Gasteiger charge is 2.29. The summed E-state index contributed by atoms with van der Waals surface area (Å²) < 4.78 is 0. The molecule has 5 nitrogen and oxygen atoms in total. The number of aromatic nitrogens is 1. The number of hydrogen-bond acceptors (Lipinski definition) is 4. The van der Waals surface area contributed by atoms with E-state index in [1.54, 1.807) is 4.90 Å². The van der Waals surface area contributed by atoms with Crippen LogP contribution < -0.4 is 5.73 Å². The van der Waals surface area contributed by atoms with Crippen LogP contribution in [-0.2, 0) is 4.79 Å². The van der Waals surface area contributed by atoms with E-state index in [9.17, 15) is 9.59 Å². The monoisotopic (exact) mass is 267 g/mol. The number of amides is 2. The topological polar surface area (TPSA) is 76.3 Å². The lowest BCUT2D eigenvalue weighted by molar-refractivity contribution is -0.123. The van der Waals surface area contributed by atoms with Crippen molar-refractivity contribution in [3.8, 4) is 0 Å². The molecule has 0 saturated carbocycles. The van der Waals surface area contributed by atoms with Crippen LogP contribution in [0.1, 0.15) is 33.2 Å². The van der Waals surface area contributed by atoms with Crippen LogP contribution in [0.25, 0.3) is 0 Å². The summed E-state index contributed by atoms with van der Waals surface area (Å²) in [5.74, 6) is -0.621. The van der Waals surface area contributed by atoms with Crippen molar-refractivity contribution in [3.05, 3.63) is 15.6 Å². The van der Waals surface area contributed by atoms with E-state index in [4.69, 9.17) is 5.73 Å². The zero-order valence-electron chi connectivity index (χ0n) is 10.6. The Labute approximate surface area is 110 Å². The molecule has 98 valence electrons. The number of nitrogens with two attached hydrogens (primary N) is 1. The Bertz CT molecular complexity index is 484. The van der Waals surface area contributed by atoms with Crippen LogP contribution in [0, 0.1) is 19.8 Å². The minimum absolute atomic E-state index is 0.0807. The molecular weight excluding hydrogens is 250 g/mol. The van der Waals surface area contributed by atoms with E-state index in [1.807, 2.05) is 13.8 Å². The molecular formula is C12H17N3O2S. The van der Waals surface area contributed by atoms with Crippen molar-refractivity contribution >= 4 is 23.2 Å². The number of rotatable bonds is 2. The number of nitrogens with zero attached hydrogens (tertiary/aromatic N) is 2. The van der Waals surface area contributed by atoms with Crippen molar-refractivity contribution in [1.29, 1.82) is 0 Å². The Kier molecular flexibility index (Phi) is 3.65. The second-order valence-corrected chi connectivity index (χ2v) is 6.04. The molecule has 0 bridgehead atoms. The largest absolute Gasteiger partial charge is 0.369 e. The van der Waals surface area contributed by atoms with Gasteiger partial charge in [-0.25, -0.2) is 4.98 Å². The number of hydrogen-bond donors (Lipinski definition) is 1. The van der Waals surface area contributed by atoms with Crippen molar-refractivity contribution in [2.75, 3.05) is 13.1 Å². The van der Waals surface area contributed by atoms with Gasteiger partial charge >= 0.3 is 0 Å². The smallest absolute Gasteiger partial charge is 0.273 e. The van der Waals surface area contributed by atoms with Gasteiger partial charge in [0, 0.05) is 18.0 Å². The van der Waals surface area contributed by atoms with Crippen LogP contribution in [0.3, 0.4) is 0 Å². The lowest BCUT2D eigenvalue weighted by Crippen LogP contribution is -2.44. The number of piperidine rings is 1. The maximum Gasteiger partial charge on any atom is 0.273 e. The summed E-state index contributed by atoms with van der Waals surface area (Å²) in [7, 11) is 0. The molecule has 1 fully saturated rings. The lowest BCUT2D eigenvalue weighted by Gasteiger charge is -2.30. The molecule has 0 radical (unpaired) electrons. The molecule has 2 amide bonds. The van der Waals surface area contributed by atoms with Gasteiger partial charge < -0.3 is 10.6 Å². The minimum atomic E-state index is -0.321. The van der Waals surface area contributed by atoms with Crippen molar-refractivity contribution < 1.29 is 9.59 Å². The minimum Gasteiger partial charge on any atom is -0.369 e. The van der Waals surface area contributed by atoms with Crippen molar-refractivity contribution in [2.24, 2.45) is 11.7 Å². The molecule has 1 aromatic rings. The van der Waals surface area contributed by atoms with Crippen molar-refractivity contribution in [2.45, 2.75) is 26.7 Å². The Morgan fingerprint density at radius 3 is 2.72 bits per heavy atom. The van der Waals surface area contributed by atoms with Gasteiger partial charge in [-0.2, -0.15) is 0 Å². The number of aryl methyl sites for hydroxylation is 2. The second-order valence-electron chi connectivity index (χ2n) is 4.63. The van der Waals surface area contributed by atoms with Crippen LogP contribution in [0.15, 0.2) is 0 Å². The summed E-state index contributed by atoms with van der Waals surface area (Å²) in [6, 6.07) is 0. The Balaban J connectivity index is 2.14. The molecule has 0 spiro atoms. The van der Waals surface area contributed by atoms with E-state index in [-0.39, 0.29) is 17.7 Å². The molecule has 1 atom stereocenters. The molecule has 1 aromatic heterocycles. The summed E-state index contributed by atoms with van der Waals surface area (Å²) >= 11 is 1.52. The first-order valence-corrected chi connectivity index (χ1v) is 6.83.